The van der Waals surface area contributed by atoms with Gasteiger partial charge in [0.25, 0.3) is 5.78 Å². The highest BCUT2D eigenvalue weighted by Crippen LogP contribution is 2.25. The quantitative estimate of drug-likeness (QED) is 0.788. The topological polar surface area (TPSA) is 70.1 Å². The summed E-state index contributed by atoms with van der Waals surface area (Å²) in [5.41, 5.74) is 0.842. The van der Waals surface area contributed by atoms with Gasteiger partial charge in [0, 0.05) is 18.7 Å². The molecule has 0 N–H and O–H groups in total. The molecule has 0 atom stereocenters. The molecule has 2 heterocycles. The molecule has 0 aliphatic heterocycles. The van der Waals surface area contributed by atoms with Crippen LogP contribution in [0.15, 0.2) is 6.33 Å². The highest BCUT2D eigenvalue weighted by atomic mass is 35.5. The molecule has 0 bridgehead atoms. The molecule has 2 aromatic heterocycles. The van der Waals surface area contributed by atoms with E-state index in [9.17, 15) is 0 Å². The first-order valence-corrected chi connectivity index (χ1v) is 6.04. The lowest BCUT2D eigenvalue weighted by molar-refractivity contribution is 0.770. The zero-order valence-electron chi connectivity index (χ0n) is 10.3. The van der Waals surface area contributed by atoms with Gasteiger partial charge in [-0.2, -0.15) is 24.8 Å². The fourth-order valence-electron chi connectivity index (χ4n) is 1.85. The fourth-order valence-corrected chi connectivity index (χ4v) is 2.01. The summed E-state index contributed by atoms with van der Waals surface area (Å²) in [7, 11) is 0. The molecular formula is C11H13ClN6. The minimum absolute atomic E-state index is 0.418. The lowest BCUT2D eigenvalue weighted by Gasteiger charge is -2.24. The van der Waals surface area contributed by atoms with Gasteiger partial charge in [-0.3, -0.25) is 0 Å². The number of fused-ring (bicyclic) bond motifs is 1. The van der Waals surface area contributed by atoms with Crippen molar-refractivity contribution in [2.75, 3.05) is 18.0 Å². The molecule has 0 aliphatic carbocycles. The molecule has 0 spiro atoms. The third-order valence-electron chi connectivity index (χ3n) is 2.75. The lowest BCUT2D eigenvalue weighted by Crippen LogP contribution is -2.27. The molecule has 0 saturated carbocycles. The molecule has 6 nitrogen and oxygen atoms in total. The van der Waals surface area contributed by atoms with Crippen LogP contribution in [-0.2, 0) is 0 Å². The fraction of sp³-hybridized carbons (Fsp3) is 0.455. The zero-order chi connectivity index (χ0) is 13.1. The number of aromatic nitrogens is 4. The van der Waals surface area contributed by atoms with Crippen molar-refractivity contribution >= 4 is 23.2 Å². The Morgan fingerprint density at radius 1 is 1.56 bits per heavy atom. The molecule has 2 aromatic rings. The Balaban J connectivity index is 2.56. The molecule has 0 radical (unpaired) electrons. The van der Waals surface area contributed by atoms with Crippen LogP contribution in [-0.4, -0.2) is 32.7 Å². The van der Waals surface area contributed by atoms with E-state index in [1.54, 1.807) is 4.52 Å². The minimum atomic E-state index is 0.418. The monoisotopic (exact) mass is 264 g/mol. The third-order valence-corrected chi connectivity index (χ3v) is 3.12. The van der Waals surface area contributed by atoms with Crippen LogP contribution in [0.5, 0.6) is 0 Å². The van der Waals surface area contributed by atoms with Gasteiger partial charge in [-0.25, -0.2) is 0 Å². The summed E-state index contributed by atoms with van der Waals surface area (Å²) in [5, 5.41) is 13.3. The smallest absolute Gasteiger partial charge is 0.255 e. The maximum Gasteiger partial charge on any atom is 0.255 e. The predicted molar refractivity (Wildman–Crippen MR) is 68.6 cm³/mol. The summed E-state index contributed by atoms with van der Waals surface area (Å²) in [6.07, 6.45) is 1.89. The van der Waals surface area contributed by atoms with Crippen LogP contribution in [0.4, 0.5) is 5.82 Å². The highest BCUT2D eigenvalue weighted by molar-refractivity contribution is 6.30. The second-order valence-corrected chi connectivity index (χ2v) is 4.17. The first kappa shape index (κ1) is 12.6. The van der Waals surface area contributed by atoms with Crippen LogP contribution in [0.3, 0.4) is 0 Å². The van der Waals surface area contributed by atoms with Crippen molar-refractivity contribution in [3.05, 3.63) is 17.0 Å². The normalized spacial score (nSPS) is 10.6. The van der Waals surface area contributed by atoms with E-state index in [0.717, 1.165) is 17.9 Å². The molecule has 18 heavy (non-hydrogen) atoms. The molecule has 0 unspecified atom stereocenters. The lowest BCUT2D eigenvalue weighted by atomic mass is 10.3. The molecule has 7 heteroatoms. The van der Waals surface area contributed by atoms with Gasteiger partial charge in [0.05, 0.1) is 12.5 Å². The highest BCUT2D eigenvalue weighted by Gasteiger charge is 2.17. The number of rotatable bonds is 4. The Labute approximate surface area is 110 Å². The summed E-state index contributed by atoms with van der Waals surface area (Å²) in [6.45, 7) is 5.30. The SMILES string of the molecule is CCN(CCC#N)c1c(C)c(Cl)nc2ncnn12. The Hall–Kier alpha value is -1.87. The molecular weight excluding hydrogens is 252 g/mol. The van der Waals surface area contributed by atoms with Gasteiger partial charge in [0.15, 0.2) is 0 Å². The van der Waals surface area contributed by atoms with E-state index in [-0.39, 0.29) is 0 Å². The maximum atomic E-state index is 8.70. The van der Waals surface area contributed by atoms with Crippen molar-refractivity contribution in [2.45, 2.75) is 20.3 Å². The second-order valence-electron chi connectivity index (χ2n) is 3.81. The van der Waals surface area contributed by atoms with Crippen molar-refractivity contribution < 1.29 is 0 Å². The first-order valence-electron chi connectivity index (χ1n) is 5.66. The largest absolute Gasteiger partial charge is 0.355 e. The Bertz CT molecular complexity index is 599. The third kappa shape index (κ3) is 2.09. The molecule has 0 fully saturated rings. The van der Waals surface area contributed by atoms with E-state index >= 15 is 0 Å². The van der Waals surface area contributed by atoms with Crippen molar-refractivity contribution in [3.63, 3.8) is 0 Å². The second kappa shape index (κ2) is 5.19. The number of halogens is 1. The van der Waals surface area contributed by atoms with E-state index < -0.39 is 0 Å². The van der Waals surface area contributed by atoms with Crippen LogP contribution in [0.1, 0.15) is 18.9 Å². The average Bonchev–Trinajstić information content (AvgIpc) is 2.81. The van der Waals surface area contributed by atoms with Crippen LogP contribution in [0, 0.1) is 18.3 Å². The van der Waals surface area contributed by atoms with Gasteiger partial charge in [-0.15, -0.1) is 0 Å². The van der Waals surface area contributed by atoms with E-state index in [0.29, 0.717) is 23.9 Å². The van der Waals surface area contributed by atoms with E-state index in [4.69, 9.17) is 16.9 Å². The molecule has 0 saturated heterocycles. The number of hydrogen-bond acceptors (Lipinski definition) is 5. The standard InChI is InChI=1S/C11H13ClN6/c1-3-17(6-4-5-13)10-8(2)9(12)16-11-14-7-15-18(10)11/h7H,3-4,6H2,1-2H3. The zero-order valence-corrected chi connectivity index (χ0v) is 11.0. The molecule has 0 amide bonds. The number of anilines is 1. The summed E-state index contributed by atoms with van der Waals surface area (Å²) >= 11 is 6.10. The van der Waals surface area contributed by atoms with E-state index in [1.165, 1.54) is 6.33 Å². The van der Waals surface area contributed by atoms with Crippen LogP contribution in [0.2, 0.25) is 5.15 Å². The molecule has 94 valence electrons. The minimum Gasteiger partial charge on any atom is -0.355 e. The number of nitrogens with zero attached hydrogens (tertiary/aromatic N) is 6. The van der Waals surface area contributed by atoms with Crippen molar-refractivity contribution in [1.82, 2.24) is 19.6 Å². The first-order chi connectivity index (χ1) is 8.69. The van der Waals surface area contributed by atoms with Crippen LogP contribution in [0.25, 0.3) is 5.78 Å². The summed E-state index contributed by atoms with van der Waals surface area (Å²) in [6, 6.07) is 2.14. The predicted octanol–water partition coefficient (Wildman–Crippen LogP) is 1.83. The van der Waals surface area contributed by atoms with Gasteiger partial charge >= 0.3 is 0 Å². The van der Waals surface area contributed by atoms with E-state index in [1.807, 2.05) is 18.7 Å². The Morgan fingerprint density at radius 2 is 2.33 bits per heavy atom. The summed E-state index contributed by atoms with van der Waals surface area (Å²) < 4.78 is 1.65. The van der Waals surface area contributed by atoms with Gasteiger partial charge in [0.2, 0.25) is 0 Å². The summed E-state index contributed by atoms with van der Waals surface area (Å²) in [5.74, 6) is 1.32. The van der Waals surface area contributed by atoms with Gasteiger partial charge in [0.1, 0.15) is 17.3 Å². The Kier molecular flexibility index (Phi) is 3.63. The molecule has 0 aromatic carbocycles. The van der Waals surface area contributed by atoms with Crippen LogP contribution < -0.4 is 4.90 Å². The Morgan fingerprint density at radius 3 is 3.00 bits per heavy atom. The summed E-state index contributed by atoms with van der Waals surface area (Å²) in [4.78, 5) is 10.2. The van der Waals surface area contributed by atoms with Crippen molar-refractivity contribution in [3.8, 4) is 6.07 Å². The van der Waals surface area contributed by atoms with Gasteiger partial charge in [-0.05, 0) is 13.8 Å². The molecule has 0 aliphatic rings. The van der Waals surface area contributed by atoms with Crippen LogP contribution >= 0.6 is 11.6 Å². The van der Waals surface area contributed by atoms with Crippen molar-refractivity contribution in [2.24, 2.45) is 0 Å². The van der Waals surface area contributed by atoms with Gasteiger partial charge < -0.3 is 4.90 Å². The number of nitriles is 1. The van der Waals surface area contributed by atoms with Gasteiger partial charge in [-0.1, -0.05) is 11.6 Å². The maximum absolute atomic E-state index is 8.70. The van der Waals surface area contributed by atoms with E-state index in [2.05, 4.69) is 21.1 Å². The number of hydrogen-bond donors (Lipinski definition) is 0. The van der Waals surface area contributed by atoms with Crippen molar-refractivity contribution in [1.29, 1.82) is 5.26 Å². The average molecular weight is 265 g/mol. The molecule has 2 rings (SSSR count).